The van der Waals surface area contributed by atoms with Crippen molar-refractivity contribution in [1.29, 1.82) is 0 Å². The average Bonchev–Trinajstić information content (AvgIpc) is 3.02. The number of carbonyl (C=O) groups excluding carboxylic acids is 1. The number of H-pyrrole nitrogens is 1. The van der Waals surface area contributed by atoms with Crippen LogP contribution in [0.25, 0.3) is 0 Å². The third-order valence-corrected chi connectivity index (χ3v) is 4.53. The number of halogens is 1. The van der Waals surface area contributed by atoms with Crippen molar-refractivity contribution in [3.63, 3.8) is 0 Å². The van der Waals surface area contributed by atoms with Crippen molar-refractivity contribution >= 4 is 17.5 Å². The molecule has 110 valence electrons. The number of nitrogens with zero attached hydrogens (tertiary/aromatic N) is 1. The lowest BCUT2D eigenvalue weighted by atomic mass is 9.85. The van der Waals surface area contributed by atoms with Crippen LogP contribution in [0.4, 0.5) is 0 Å². The number of rotatable bonds is 5. The van der Waals surface area contributed by atoms with Crippen molar-refractivity contribution in [2.45, 2.75) is 38.2 Å². The predicted octanol–water partition coefficient (Wildman–Crippen LogP) is 3.09. The minimum Gasteiger partial charge on any atom is -0.376 e. The standard InChI is InChI=1S/C15H21ClN2O2/c16-12-7-14(17-8-12)15(19)18(9-11-3-1-4-11)10-13-5-2-6-20-13/h7-8,11,13,17H,1-6,9-10H2/t13-/m1/s1. The van der Waals surface area contributed by atoms with Gasteiger partial charge in [0.15, 0.2) is 0 Å². The highest BCUT2D eigenvalue weighted by molar-refractivity contribution is 6.30. The fourth-order valence-electron chi connectivity index (χ4n) is 2.92. The minimum atomic E-state index is 0.0410. The molecule has 20 heavy (non-hydrogen) atoms. The first-order valence-corrected chi connectivity index (χ1v) is 7.85. The molecule has 1 atom stereocenters. The summed E-state index contributed by atoms with van der Waals surface area (Å²) in [5.74, 6) is 0.699. The van der Waals surface area contributed by atoms with Gasteiger partial charge in [0.1, 0.15) is 5.69 Å². The van der Waals surface area contributed by atoms with Gasteiger partial charge in [-0.05, 0) is 37.7 Å². The van der Waals surface area contributed by atoms with E-state index in [1.165, 1.54) is 19.3 Å². The molecule has 3 rings (SSSR count). The van der Waals surface area contributed by atoms with E-state index in [1.54, 1.807) is 12.3 Å². The van der Waals surface area contributed by atoms with Gasteiger partial charge in [-0.15, -0.1) is 0 Å². The summed E-state index contributed by atoms with van der Waals surface area (Å²) >= 11 is 5.90. The number of hydrogen-bond acceptors (Lipinski definition) is 2. The van der Waals surface area contributed by atoms with Gasteiger partial charge >= 0.3 is 0 Å². The maximum absolute atomic E-state index is 12.6. The minimum absolute atomic E-state index is 0.0410. The van der Waals surface area contributed by atoms with E-state index >= 15 is 0 Å². The molecule has 2 fully saturated rings. The number of carbonyl (C=O) groups is 1. The predicted molar refractivity (Wildman–Crippen MR) is 78.0 cm³/mol. The summed E-state index contributed by atoms with van der Waals surface area (Å²) < 4.78 is 5.68. The Morgan fingerprint density at radius 2 is 2.20 bits per heavy atom. The highest BCUT2D eigenvalue weighted by atomic mass is 35.5. The van der Waals surface area contributed by atoms with Crippen molar-refractivity contribution < 1.29 is 9.53 Å². The summed E-state index contributed by atoms with van der Waals surface area (Å²) in [6.45, 7) is 2.37. The van der Waals surface area contributed by atoms with E-state index in [2.05, 4.69) is 4.98 Å². The first-order chi connectivity index (χ1) is 9.72. The van der Waals surface area contributed by atoms with Crippen LogP contribution in [0.2, 0.25) is 5.02 Å². The molecule has 1 aromatic heterocycles. The molecule has 0 radical (unpaired) electrons. The summed E-state index contributed by atoms with van der Waals surface area (Å²) in [5, 5.41) is 0.578. The number of aromatic nitrogens is 1. The number of amides is 1. The van der Waals surface area contributed by atoms with Crippen LogP contribution in [0.15, 0.2) is 12.3 Å². The zero-order valence-corrected chi connectivity index (χ0v) is 12.4. The highest BCUT2D eigenvalue weighted by Crippen LogP contribution is 2.28. The molecule has 1 N–H and O–H groups in total. The average molecular weight is 297 g/mol. The number of nitrogens with one attached hydrogen (secondary N) is 1. The van der Waals surface area contributed by atoms with Gasteiger partial charge < -0.3 is 14.6 Å². The van der Waals surface area contributed by atoms with Gasteiger partial charge in [0.25, 0.3) is 5.91 Å². The Hall–Kier alpha value is -1.00. The maximum atomic E-state index is 12.6. The second kappa shape index (κ2) is 6.19. The van der Waals surface area contributed by atoms with Crippen LogP contribution in [0.1, 0.15) is 42.6 Å². The fraction of sp³-hybridized carbons (Fsp3) is 0.667. The maximum Gasteiger partial charge on any atom is 0.270 e. The molecule has 1 amide bonds. The Bertz CT molecular complexity index is 464. The fourth-order valence-corrected chi connectivity index (χ4v) is 3.09. The Labute approximate surface area is 124 Å². The monoisotopic (exact) mass is 296 g/mol. The Kier molecular flexibility index (Phi) is 4.32. The quantitative estimate of drug-likeness (QED) is 0.907. The van der Waals surface area contributed by atoms with E-state index in [1.807, 2.05) is 4.90 Å². The summed E-state index contributed by atoms with van der Waals surface area (Å²) in [7, 11) is 0. The summed E-state index contributed by atoms with van der Waals surface area (Å²) in [4.78, 5) is 17.5. The van der Waals surface area contributed by atoms with Crippen LogP contribution in [-0.2, 0) is 4.74 Å². The first kappa shape index (κ1) is 14.0. The van der Waals surface area contributed by atoms with Crippen LogP contribution in [0, 0.1) is 5.92 Å². The highest BCUT2D eigenvalue weighted by Gasteiger charge is 2.28. The van der Waals surface area contributed by atoms with Gasteiger partial charge in [0.05, 0.1) is 11.1 Å². The van der Waals surface area contributed by atoms with E-state index in [0.717, 1.165) is 26.0 Å². The zero-order chi connectivity index (χ0) is 13.9. The molecule has 1 saturated heterocycles. The number of ether oxygens (including phenoxy) is 1. The normalized spacial score (nSPS) is 22.8. The van der Waals surface area contributed by atoms with Crippen molar-refractivity contribution in [1.82, 2.24) is 9.88 Å². The van der Waals surface area contributed by atoms with Gasteiger partial charge in [-0.1, -0.05) is 18.0 Å². The molecule has 1 saturated carbocycles. The number of hydrogen-bond donors (Lipinski definition) is 1. The molecule has 2 aliphatic rings. The van der Waals surface area contributed by atoms with Crippen LogP contribution in [0.3, 0.4) is 0 Å². The summed E-state index contributed by atoms with van der Waals surface area (Å²) in [6.07, 6.45) is 7.78. The molecular weight excluding hydrogens is 276 g/mol. The second-order valence-electron chi connectivity index (χ2n) is 5.87. The molecular formula is C15H21ClN2O2. The third kappa shape index (κ3) is 3.18. The van der Waals surface area contributed by atoms with Gasteiger partial charge in [0.2, 0.25) is 0 Å². The molecule has 0 unspecified atom stereocenters. The molecule has 1 aliphatic carbocycles. The van der Waals surface area contributed by atoms with Gasteiger partial charge in [-0.25, -0.2) is 0 Å². The SMILES string of the molecule is O=C(c1cc(Cl)c[nH]1)N(CC1CCC1)C[C@H]1CCCO1. The molecule has 0 aromatic carbocycles. The van der Waals surface area contributed by atoms with E-state index in [4.69, 9.17) is 16.3 Å². The lowest BCUT2D eigenvalue weighted by Crippen LogP contribution is -2.42. The van der Waals surface area contributed by atoms with Crippen LogP contribution in [0.5, 0.6) is 0 Å². The first-order valence-electron chi connectivity index (χ1n) is 7.47. The molecule has 0 bridgehead atoms. The van der Waals surface area contributed by atoms with Crippen LogP contribution >= 0.6 is 11.6 Å². The third-order valence-electron chi connectivity index (χ3n) is 4.32. The summed E-state index contributed by atoms with van der Waals surface area (Å²) in [5.41, 5.74) is 0.576. The molecule has 5 heteroatoms. The van der Waals surface area contributed by atoms with E-state index in [9.17, 15) is 4.79 Å². The van der Waals surface area contributed by atoms with Gasteiger partial charge in [-0.2, -0.15) is 0 Å². The summed E-state index contributed by atoms with van der Waals surface area (Å²) in [6, 6.07) is 1.70. The van der Waals surface area contributed by atoms with Gasteiger partial charge in [-0.3, -0.25) is 4.79 Å². The largest absolute Gasteiger partial charge is 0.376 e. The Balaban J connectivity index is 1.67. The van der Waals surface area contributed by atoms with Crippen LogP contribution in [-0.4, -0.2) is 41.6 Å². The smallest absolute Gasteiger partial charge is 0.270 e. The Morgan fingerprint density at radius 1 is 1.35 bits per heavy atom. The van der Waals surface area contributed by atoms with Crippen molar-refractivity contribution in [2.75, 3.05) is 19.7 Å². The van der Waals surface area contributed by atoms with Crippen molar-refractivity contribution in [3.05, 3.63) is 23.0 Å². The molecule has 2 heterocycles. The van der Waals surface area contributed by atoms with E-state index in [0.29, 0.717) is 23.2 Å². The zero-order valence-electron chi connectivity index (χ0n) is 11.6. The Morgan fingerprint density at radius 3 is 2.75 bits per heavy atom. The lowest BCUT2D eigenvalue weighted by Gasteiger charge is -2.33. The molecule has 1 aromatic rings. The topological polar surface area (TPSA) is 45.3 Å². The molecule has 0 spiro atoms. The lowest BCUT2D eigenvalue weighted by molar-refractivity contribution is 0.0444. The number of aromatic amines is 1. The van der Waals surface area contributed by atoms with Crippen molar-refractivity contribution in [2.24, 2.45) is 5.92 Å². The molecule has 1 aliphatic heterocycles. The van der Waals surface area contributed by atoms with Crippen molar-refractivity contribution in [3.8, 4) is 0 Å². The van der Waals surface area contributed by atoms with E-state index in [-0.39, 0.29) is 12.0 Å². The second-order valence-corrected chi connectivity index (χ2v) is 6.31. The molecule has 4 nitrogen and oxygen atoms in total. The van der Waals surface area contributed by atoms with Gasteiger partial charge in [0, 0.05) is 25.9 Å². The van der Waals surface area contributed by atoms with E-state index < -0.39 is 0 Å². The van der Waals surface area contributed by atoms with Crippen LogP contribution < -0.4 is 0 Å².